The Bertz CT molecular complexity index is 673. The zero-order valence-corrected chi connectivity index (χ0v) is 13.7. The number of aliphatic carboxylic acids is 1. The van der Waals surface area contributed by atoms with Gasteiger partial charge in [-0.15, -0.1) is 10.2 Å². The molecule has 0 saturated heterocycles. The molecule has 1 aromatic heterocycles. The van der Waals surface area contributed by atoms with Crippen LogP contribution in [0.5, 0.6) is 0 Å². The minimum absolute atomic E-state index is 0.0958. The average Bonchev–Trinajstić information content (AvgIpc) is 2.80. The van der Waals surface area contributed by atoms with Crippen LogP contribution in [0.15, 0.2) is 23.4 Å². The summed E-state index contributed by atoms with van der Waals surface area (Å²) < 4.78 is 1.77. The summed E-state index contributed by atoms with van der Waals surface area (Å²) in [5, 5.41) is 18.5. The Morgan fingerprint density at radius 3 is 2.67 bits per heavy atom. The van der Waals surface area contributed by atoms with E-state index in [1.165, 1.54) is 0 Å². The summed E-state index contributed by atoms with van der Waals surface area (Å²) in [5.41, 5.74) is 0.683. The molecule has 1 aromatic carbocycles. The second kappa shape index (κ2) is 6.68. The van der Waals surface area contributed by atoms with Crippen molar-refractivity contribution in [2.45, 2.75) is 24.9 Å². The van der Waals surface area contributed by atoms with Crippen molar-refractivity contribution < 1.29 is 9.90 Å². The van der Waals surface area contributed by atoms with Crippen LogP contribution in [-0.2, 0) is 4.79 Å². The second-order valence-electron chi connectivity index (χ2n) is 4.61. The van der Waals surface area contributed by atoms with Crippen LogP contribution in [0.2, 0.25) is 10.0 Å². The Balaban J connectivity index is 2.52. The molecule has 1 heterocycles. The number of halogens is 2. The van der Waals surface area contributed by atoms with Crippen LogP contribution >= 0.6 is 35.0 Å². The molecule has 0 spiro atoms. The Kier molecular flexibility index (Phi) is 5.13. The zero-order valence-electron chi connectivity index (χ0n) is 11.4. The number of carboxylic acid groups (broad SMARTS) is 1. The van der Waals surface area contributed by atoms with E-state index in [-0.39, 0.29) is 11.7 Å². The van der Waals surface area contributed by atoms with Crippen LogP contribution in [0.25, 0.3) is 5.69 Å². The van der Waals surface area contributed by atoms with Crippen molar-refractivity contribution in [3.63, 3.8) is 0 Å². The van der Waals surface area contributed by atoms with Crippen molar-refractivity contribution in [3.05, 3.63) is 34.1 Å². The van der Waals surface area contributed by atoms with Crippen molar-refractivity contribution in [2.75, 3.05) is 5.75 Å². The molecule has 0 unspecified atom stereocenters. The van der Waals surface area contributed by atoms with Gasteiger partial charge in [0.05, 0.1) is 16.5 Å². The molecule has 0 atom stereocenters. The van der Waals surface area contributed by atoms with E-state index < -0.39 is 5.97 Å². The summed E-state index contributed by atoms with van der Waals surface area (Å²) in [6.07, 6.45) is 0. The topological polar surface area (TPSA) is 68.0 Å². The van der Waals surface area contributed by atoms with E-state index in [1.807, 2.05) is 13.8 Å². The third-order valence-electron chi connectivity index (χ3n) is 2.65. The number of carboxylic acids is 1. The van der Waals surface area contributed by atoms with Gasteiger partial charge in [-0.2, -0.15) is 0 Å². The van der Waals surface area contributed by atoms with Gasteiger partial charge in [0, 0.05) is 10.9 Å². The van der Waals surface area contributed by atoms with E-state index in [9.17, 15) is 4.79 Å². The Morgan fingerprint density at radius 1 is 1.38 bits per heavy atom. The van der Waals surface area contributed by atoms with Gasteiger partial charge in [-0.3, -0.25) is 9.36 Å². The van der Waals surface area contributed by atoms with Crippen LogP contribution in [-0.4, -0.2) is 31.6 Å². The summed E-state index contributed by atoms with van der Waals surface area (Å²) >= 11 is 13.3. The Labute approximate surface area is 136 Å². The fraction of sp³-hybridized carbons (Fsp3) is 0.308. The lowest BCUT2D eigenvalue weighted by atomic mass is 10.2. The Morgan fingerprint density at radius 2 is 2.10 bits per heavy atom. The summed E-state index contributed by atoms with van der Waals surface area (Å²) in [5.74, 6) is -0.181. The highest BCUT2D eigenvalue weighted by Gasteiger charge is 2.19. The van der Waals surface area contributed by atoms with Gasteiger partial charge in [-0.25, -0.2) is 0 Å². The SMILES string of the molecule is CC(C)c1nnc(SCC(=O)O)n1-c1ccc(Cl)cc1Cl. The molecule has 2 aromatic rings. The molecule has 0 aliphatic carbocycles. The molecule has 0 radical (unpaired) electrons. The molecule has 8 heteroatoms. The van der Waals surface area contributed by atoms with Gasteiger partial charge in [0.15, 0.2) is 5.16 Å². The molecular weight excluding hydrogens is 333 g/mol. The molecular formula is C13H13Cl2N3O2S. The van der Waals surface area contributed by atoms with Crippen molar-refractivity contribution in [2.24, 2.45) is 0 Å². The highest BCUT2D eigenvalue weighted by Crippen LogP contribution is 2.31. The molecule has 0 saturated carbocycles. The molecule has 21 heavy (non-hydrogen) atoms. The maximum absolute atomic E-state index is 10.8. The van der Waals surface area contributed by atoms with Crippen LogP contribution in [0.1, 0.15) is 25.6 Å². The van der Waals surface area contributed by atoms with Gasteiger partial charge < -0.3 is 5.11 Å². The number of carbonyl (C=O) groups is 1. The lowest BCUT2D eigenvalue weighted by molar-refractivity contribution is -0.133. The maximum atomic E-state index is 10.8. The molecule has 2 rings (SSSR count). The van der Waals surface area contributed by atoms with E-state index in [0.717, 1.165) is 11.8 Å². The lowest BCUT2D eigenvalue weighted by Crippen LogP contribution is -2.06. The number of hydrogen-bond donors (Lipinski definition) is 1. The summed E-state index contributed by atoms with van der Waals surface area (Å²) in [7, 11) is 0. The summed E-state index contributed by atoms with van der Waals surface area (Å²) in [4.78, 5) is 10.8. The second-order valence-corrected chi connectivity index (χ2v) is 6.40. The van der Waals surface area contributed by atoms with E-state index in [0.29, 0.717) is 26.7 Å². The van der Waals surface area contributed by atoms with Gasteiger partial charge in [-0.05, 0) is 18.2 Å². The molecule has 0 aliphatic heterocycles. The standard InChI is InChI=1S/C13H13Cl2N3O2S/c1-7(2)12-16-17-13(21-6-11(19)20)18(12)10-4-3-8(14)5-9(10)15/h3-5,7H,6H2,1-2H3,(H,19,20). The molecule has 0 amide bonds. The largest absolute Gasteiger partial charge is 0.481 e. The fourth-order valence-electron chi connectivity index (χ4n) is 1.76. The van der Waals surface area contributed by atoms with E-state index in [1.54, 1.807) is 22.8 Å². The van der Waals surface area contributed by atoms with Crippen LogP contribution in [0.3, 0.4) is 0 Å². The smallest absolute Gasteiger partial charge is 0.313 e. The summed E-state index contributed by atoms with van der Waals surface area (Å²) in [6.45, 7) is 3.96. The molecule has 112 valence electrons. The predicted molar refractivity (Wildman–Crippen MR) is 83.8 cm³/mol. The number of hydrogen-bond acceptors (Lipinski definition) is 4. The third-order valence-corrected chi connectivity index (χ3v) is 4.10. The lowest BCUT2D eigenvalue weighted by Gasteiger charge is -2.13. The van der Waals surface area contributed by atoms with Gasteiger partial charge in [0.1, 0.15) is 5.82 Å². The van der Waals surface area contributed by atoms with Crippen molar-refractivity contribution in [3.8, 4) is 5.69 Å². The van der Waals surface area contributed by atoms with Gasteiger partial charge in [-0.1, -0.05) is 48.8 Å². The van der Waals surface area contributed by atoms with Crippen molar-refractivity contribution in [1.29, 1.82) is 0 Å². The number of benzene rings is 1. The molecule has 0 bridgehead atoms. The molecule has 1 N–H and O–H groups in total. The van der Waals surface area contributed by atoms with Crippen LogP contribution in [0.4, 0.5) is 0 Å². The van der Waals surface area contributed by atoms with Crippen molar-refractivity contribution >= 4 is 40.9 Å². The first-order valence-electron chi connectivity index (χ1n) is 6.15. The molecule has 0 fully saturated rings. The highest BCUT2D eigenvalue weighted by atomic mass is 35.5. The third kappa shape index (κ3) is 3.70. The van der Waals surface area contributed by atoms with E-state index in [4.69, 9.17) is 28.3 Å². The van der Waals surface area contributed by atoms with Crippen LogP contribution < -0.4 is 0 Å². The molecule has 5 nitrogen and oxygen atoms in total. The van der Waals surface area contributed by atoms with Gasteiger partial charge in [0.2, 0.25) is 0 Å². The van der Waals surface area contributed by atoms with E-state index >= 15 is 0 Å². The average molecular weight is 346 g/mol. The highest BCUT2D eigenvalue weighted by molar-refractivity contribution is 7.99. The number of rotatable bonds is 5. The molecule has 0 aliphatic rings. The van der Waals surface area contributed by atoms with Crippen LogP contribution in [0, 0.1) is 0 Å². The first-order valence-corrected chi connectivity index (χ1v) is 7.89. The number of aromatic nitrogens is 3. The van der Waals surface area contributed by atoms with E-state index in [2.05, 4.69) is 10.2 Å². The number of thioether (sulfide) groups is 1. The predicted octanol–water partition coefficient (Wildman–Crippen LogP) is 3.87. The van der Waals surface area contributed by atoms with Gasteiger partial charge >= 0.3 is 5.97 Å². The monoisotopic (exact) mass is 345 g/mol. The minimum atomic E-state index is -0.914. The zero-order chi connectivity index (χ0) is 15.6. The summed E-state index contributed by atoms with van der Waals surface area (Å²) in [6, 6.07) is 5.12. The number of nitrogens with zero attached hydrogens (tertiary/aromatic N) is 3. The van der Waals surface area contributed by atoms with Crippen molar-refractivity contribution in [1.82, 2.24) is 14.8 Å². The first kappa shape index (κ1) is 16.1. The Hall–Kier alpha value is -1.24. The fourth-order valence-corrected chi connectivity index (χ4v) is 2.93. The van der Waals surface area contributed by atoms with Gasteiger partial charge in [0.25, 0.3) is 0 Å². The normalized spacial score (nSPS) is 11.1. The first-order chi connectivity index (χ1) is 9.90. The maximum Gasteiger partial charge on any atom is 0.313 e. The minimum Gasteiger partial charge on any atom is -0.481 e. The quantitative estimate of drug-likeness (QED) is 0.833.